The quantitative estimate of drug-likeness (QED) is 0.0290. The van der Waals surface area contributed by atoms with Gasteiger partial charge >= 0.3 is 0 Å². The van der Waals surface area contributed by atoms with E-state index in [1.54, 1.807) is 0 Å². The van der Waals surface area contributed by atoms with Gasteiger partial charge in [0.05, 0.1) is 31.4 Å². The molecule has 1 aliphatic carbocycles. The van der Waals surface area contributed by atoms with Gasteiger partial charge in [0.1, 0.15) is 54.9 Å². The topological polar surface area (TPSA) is 296 Å². The summed E-state index contributed by atoms with van der Waals surface area (Å²) < 4.78 is 10.8. The maximum Gasteiger partial charge on any atom is 0.187 e. The first-order valence-corrected chi connectivity index (χ1v) is 11.2. The van der Waals surface area contributed by atoms with Crippen molar-refractivity contribution in [3.63, 3.8) is 0 Å². The van der Waals surface area contributed by atoms with Gasteiger partial charge in [0.15, 0.2) is 12.6 Å². The monoisotopic (exact) mass is 563 g/mol. The number of aldehydes is 1. The van der Waals surface area contributed by atoms with Gasteiger partial charge in [-0.25, -0.2) is 5.26 Å². The lowest BCUT2D eigenvalue weighted by Crippen LogP contribution is -2.67. The van der Waals surface area contributed by atoms with E-state index >= 15 is 0 Å². The molecule has 1 aliphatic heterocycles. The Hall–Kier alpha value is -1.31. The summed E-state index contributed by atoms with van der Waals surface area (Å²) in [5.41, 5.74) is -0.0296. The molecule has 13 atom stereocenters. The molecule has 19 heteroatoms. The van der Waals surface area contributed by atoms with Crippen LogP contribution >= 0.6 is 0 Å². The van der Waals surface area contributed by atoms with E-state index in [4.69, 9.17) is 14.7 Å². The number of aliphatic hydroxyl groups excluding tert-OH is 9. The van der Waals surface area contributed by atoms with Crippen LogP contribution in [-0.4, -0.2) is 150 Å². The zero-order valence-corrected chi connectivity index (χ0v) is 19.8. The number of rotatable bonds is 15. The zero-order chi connectivity index (χ0) is 28.6. The lowest BCUT2D eigenvalue weighted by atomic mass is 9.86. The highest BCUT2D eigenvalue weighted by Gasteiger charge is 2.48. The maximum atomic E-state index is 10.8. The Balaban J connectivity index is 2.13. The van der Waals surface area contributed by atoms with Crippen LogP contribution in [0.25, 0.3) is 0 Å². The fourth-order valence-electron chi connectivity index (χ4n) is 4.05. The molecule has 1 heterocycles. The van der Waals surface area contributed by atoms with Crippen molar-refractivity contribution in [3.8, 4) is 0 Å². The first kappa shape index (κ1) is 32.9. The lowest BCUT2D eigenvalue weighted by molar-refractivity contribution is -0.756. The van der Waals surface area contributed by atoms with Gasteiger partial charge in [-0.1, -0.05) is 6.08 Å². The minimum atomic E-state index is -2.03. The highest BCUT2D eigenvalue weighted by Crippen LogP contribution is 2.28. The number of carbonyl (C=O) groups excluding carboxylic acids is 1. The first-order chi connectivity index (χ1) is 18.0. The van der Waals surface area contributed by atoms with E-state index in [-0.39, 0.29) is 11.9 Å². The van der Waals surface area contributed by atoms with E-state index in [9.17, 15) is 50.8 Å². The fourth-order valence-corrected chi connectivity index (χ4v) is 4.05. The number of ether oxygens (including phenoxy) is 2. The largest absolute Gasteiger partial charge is 0.394 e. The van der Waals surface area contributed by atoms with E-state index in [1.165, 1.54) is 13.0 Å². The third-order valence-electron chi connectivity index (χ3n) is 6.12. The van der Waals surface area contributed by atoms with Gasteiger partial charge in [-0.3, -0.25) is 0 Å². The molecule has 38 heavy (non-hydrogen) atoms. The number of hydrogen-bond acceptors (Lipinski definition) is 19. The molecule has 2 aliphatic rings. The third-order valence-corrected chi connectivity index (χ3v) is 6.12. The molecular formula is C19H33NO18. The van der Waals surface area contributed by atoms with Crippen LogP contribution in [0.2, 0.25) is 0 Å². The highest BCUT2D eigenvalue weighted by atomic mass is 17.8. The van der Waals surface area contributed by atoms with Crippen LogP contribution in [0.1, 0.15) is 6.92 Å². The van der Waals surface area contributed by atoms with Crippen LogP contribution in [0, 0.1) is 0 Å². The Labute approximate surface area is 214 Å². The Bertz CT molecular complexity index is 744. The summed E-state index contributed by atoms with van der Waals surface area (Å²) in [4.78, 5) is 15.5. The normalized spacial score (nSPS) is 37.2. The van der Waals surface area contributed by atoms with Crippen molar-refractivity contribution in [1.29, 1.82) is 0 Å². The molecule has 222 valence electrons. The van der Waals surface area contributed by atoms with E-state index in [0.717, 1.165) is 0 Å². The summed E-state index contributed by atoms with van der Waals surface area (Å²) in [5, 5.41) is 116. The molecule has 13 unspecified atom stereocenters. The average molecular weight is 563 g/mol. The van der Waals surface area contributed by atoms with Gasteiger partial charge in [0.2, 0.25) is 0 Å². The van der Waals surface area contributed by atoms with Crippen molar-refractivity contribution in [3.05, 3.63) is 11.6 Å². The number of hydrogen-bond donors (Lipinski definition) is 11. The highest BCUT2D eigenvalue weighted by molar-refractivity contribution is 5.56. The molecule has 0 bridgehead atoms. The molecule has 19 nitrogen and oxygen atoms in total. The van der Waals surface area contributed by atoms with Gasteiger partial charge in [-0.05, 0) is 32.6 Å². The second-order valence-electron chi connectivity index (χ2n) is 8.55. The van der Waals surface area contributed by atoms with E-state index in [0.29, 0.717) is 0 Å². The number of nitrogens with one attached hydrogen (secondary N) is 1. The molecule has 0 aromatic rings. The SMILES string of the molecule is CC1OC(OC(C(O)CO)C(O)C(O)C=O)C(O)C(O)C1NC1C=C(CO)C(OOOOOO)C(O)C1O. The van der Waals surface area contributed by atoms with Crippen LogP contribution in [0.15, 0.2) is 11.6 Å². The van der Waals surface area contributed by atoms with Gasteiger partial charge in [-0.2, -0.15) is 4.89 Å². The summed E-state index contributed by atoms with van der Waals surface area (Å²) in [5.74, 6) is 0. The van der Waals surface area contributed by atoms with Crippen molar-refractivity contribution in [2.24, 2.45) is 0 Å². The number of aliphatic hydroxyl groups is 9. The van der Waals surface area contributed by atoms with Crippen LogP contribution < -0.4 is 5.32 Å². The Kier molecular flexibility index (Phi) is 13.4. The lowest BCUT2D eigenvalue weighted by Gasteiger charge is -2.46. The molecule has 1 saturated heterocycles. The zero-order valence-electron chi connectivity index (χ0n) is 19.8. The smallest absolute Gasteiger partial charge is 0.187 e. The second-order valence-corrected chi connectivity index (χ2v) is 8.55. The average Bonchev–Trinajstić information content (AvgIpc) is 2.91. The molecule has 1 fully saturated rings. The second kappa shape index (κ2) is 15.5. The Morgan fingerprint density at radius 3 is 2.29 bits per heavy atom. The Morgan fingerprint density at radius 1 is 1.03 bits per heavy atom. The fraction of sp³-hybridized carbons (Fsp3) is 0.842. The van der Waals surface area contributed by atoms with Crippen LogP contribution in [0.5, 0.6) is 0 Å². The molecule has 0 spiro atoms. The maximum absolute atomic E-state index is 10.8. The predicted octanol–water partition coefficient (Wildman–Crippen LogP) is -6.32. The van der Waals surface area contributed by atoms with Crippen LogP contribution in [-0.2, 0) is 39.3 Å². The Morgan fingerprint density at radius 2 is 1.71 bits per heavy atom. The van der Waals surface area contributed by atoms with Crippen molar-refractivity contribution in [1.82, 2.24) is 5.32 Å². The molecular weight excluding hydrogens is 530 g/mol. The summed E-state index contributed by atoms with van der Waals surface area (Å²) >= 11 is 0. The standard InChI is InChI=1S/C19H33NO18/c1-6-11(20-8-2-7(3-21)17(15(29)12(8)26)34-36-38-37-35-31)14(28)16(30)19(32-6)33-18(10(25)5-23)13(27)9(24)4-22/h2,4,6,8-21,23-31H,3,5H2,1H3. The van der Waals surface area contributed by atoms with Gasteiger partial charge in [0, 0.05) is 0 Å². The van der Waals surface area contributed by atoms with Gasteiger partial charge in [-0.15, -0.1) is 0 Å². The predicted molar refractivity (Wildman–Crippen MR) is 112 cm³/mol. The molecule has 0 saturated carbocycles. The summed E-state index contributed by atoms with van der Waals surface area (Å²) in [6, 6.07) is -2.31. The molecule has 0 amide bonds. The van der Waals surface area contributed by atoms with Crippen molar-refractivity contribution < 1.29 is 90.5 Å². The van der Waals surface area contributed by atoms with E-state index < -0.39 is 92.6 Å². The van der Waals surface area contributed by atoms with Crippen LogP contribution in [0.3, 0.4) is 0 Å². The summed E-state index contributed by atoms with van der Waals surface area (Å²) in [7, 11) is 0. The van der Waals surface area contributed by atoms with Crippen molar-refractivity contribution in [2.45, 2.75) is 86.3 Å². The van der Waals surface area contributed by atoms with Crippen molar-refractivity contribution in [2.75, 3.05) is 13.2 Å². The van der Waals surface area contributed by atoms with Crippen molar-refractivity contribution >= 4 is 6.29 Å². The molecule has 11 N–H and O–H groups in total. The minimum Gasteiger partial charge on any atom is -0.394 e. The summed E-state index contributed by atoms with van der Waals surface area (Å²) in [6.07, 6.45) is -17.6. The van der Waals surface area contributed by atoms with Gasteiger partial charge < -0.3 is 65.5 Å². The van der Waals surface area contributed by atoms with E-state index in [1.807, 2.05) is 0 Å². The summed E-state index contributed by atoms with van der Waals surface area (Å²) in [6.45, 7) is -0.238. The molecule has 2 rings (SSSR count). The first-order valence-electron chi connectivity index (χ1n) is 11.2. The molecule has 0 aromatic heterocycles. The third kappa shape index (κ3) is 7.88. The van der Waals surface area contributed by atoms with Crippen LogP contribution in [0.4, 0.5) is 0 Å². The van der Waals surface area contributed by atoms with E-state index in [2.05, 4.69) is 30.4 Å². The van der Waals surface area contributed by atoms with Gasteiger partial charge in [0.25, 0.3) is 0 Å². The number of carbonyl (C=O) groups is 1. The minimum absolute atomic E-state index is 0.0296. The molecule has 0 radical (unpaired) electrons. The molecule has 0 aromatic carbocycles.